The van der Waals surface area contributed by atoms with E-state index in [9.17, 15) is 4.79 Å². The average molecular weight is 177 g/mol. The van der Waals surface area contributed by atoms with Gasteiger partial charge < -0.3 is 4.98 Å². The van der Waals surface area contributed by atoms with Crippen LogP contribution >= 0.6 is 0 Å². The van der Waals surface area contributed by atoms with Crippen LogP contribution in [0.1, 0.15) is 43.1 Å². The summed E-state index contributed by atoms with van der Waals surface area (Å²) in [4.78, 5) is 15.0. The van der Waals surface area contributed by atoms with Crippen LogP contribution in [0.2, 0.25) is 0 Å². The van der Waals surface area contributed by atoms with Crippen molar-refractivity contribution in [2.45, 2.75) is 32.6 Å². The number of aromatic amines is 1. The van der Waals surface area contributed by atoms with Crippen molar-refractivity contribution >= 4 is 5.78 Å². The van der Waals surface area contributed by atoms with Gasteiger partial charge in [0.1, 0.15) is 0 Å². The van der Waals surface area contributed by atoms with Gasteiger partial charge in [-0.1, -0.05) is 19.8 Å². The quantitative estimate of drug-likeness (QED) is 0.692. The Balaban J connectivity index is 2.21. The SMILES string of the molecule is CC1(C(=O)c2ccc[nH]2)CCCC1. The Bertz CT molecular complexity index is 294. The molecule has 70 valence electrons. The van der Waals surface area contributed by atoms with Gasteiger partial charge in [0.05, 0.1) is 5.69 Å². The molecule has 0 spiro atoms. The summed E-state index contributed by atoms with van der Waals surface area (Å²) in [6, 6.07) is 3.75. The second-order valence-corrected chi connectivity index (χ2v) is 4.18. The van der Waals surface area contributed by atoms with Crippen molar-refractivity contribution < 1.29 is 4.79 Å². The number of carbonyl (C=O) groups excluding carboxylic acids is 1. The highest BCUT2D eigenvalue weighted by Crippen LogP contribution is 2.39. The van der Waals surface area contributed by atoms with Crippen LogP contribution in [0.15, 0.2) is 18.3 Å². The Morgan fingerprint density at radius 3 is 2.69 bits per heavy atom. The van der Waals surface area contributed by atoms with Crippen LogP contribution < -0.4 is 0 Å². The topological polar surface area (TPSA) is 32.9 Å². The molecule has 0 unspecified atom stereocenters. The van der Waals surface area contributed by atoms with Crippen LogP contribution in [0.25, 0.3) is 0 Å². The first-order valence-electron chi connectivity index (χ1n) is 4.91. The lowest BCUT2D eigenvalue weighted by Gasteiger charge is -2.20. The molecule has 1 heterocycles. The molecule has 0 bridgehead atoms. The fourth-order valence-corrected chi connectivity index (χ4v) is 2.18. The summed E-state index contributed by atoms with van der Waals surface area (Å²) in [5.41, 5.74) is 0.676. The van der Waals surface area contributed by atoms with Gasteiger partial charge in [-0.3, -0.25) is 4.79 Å². The third kappa shape index (κ3) is 1.41. The molecule has 1 aliphatic carbocycles. The first-order valence-corrected chi connectivity index (χ1v) is 4.91. The predicted octanol–water partition coefficient (Wildman–Crippen LogP) is 2.78. The van der Waals surface area contributed by atoms with E-state index in [0.717, 1.165) is 18.5 Å². The largest absolute Gasteiger partial charge is 0.359 e. The first-order chi connectivity index (χ1) is 6.22. The highest BCUT2D eigenvalue weighted by Gasteiger charge is 2.36. The highest BCUT2D eigenvalue weighted by atomic mass is 16.1. The Morgan fingerprint density at radius 2 is 2.15 bits per heavy atom. The third-order valence-electron chi connectivity index (χ3n) is 3.10. The van der Waals surface area contributed by atoms with E-state index in [1.54, 1.807) is 0 Å². The lowest BCUT2D eigenvalue weighted by atomic mass is 9.82. The van der Waals surface area contributed by atoms with Gasteiger partial charge in [0, 0.05) is 11.6 Å². The highest BCUT2D eigenvalue weighted by molar-refractivity contribution is 5.98. The number of carbonyl (C=O) groups is 1. The van der Waals surface area contributed by atoms with Crippen LogP contribution in [0.3, 0.4) is 0 Å². The van der Waals surface area contributed by atoms with E-state index in [1.807, 2.05) is 18.3 Å². The van der Waals surface area contributed by atoms with Gasteiger partial charge in [-0.05, 0) is 25.0 Å². The van der Waals surface area contributed by atoms with Crippen molar-refractivity contribution in [3.8, 4) is 0 Å². The Labute approximate surface area is 78.4 Å². The summed E-state index contributed by atoms with van der Waals surface area (Å²) >= 11 is 0. The van der Waals surface area contributed by atoms with E-state index < -0.39 is 0 Å². The summed E-state index contributed by atoms with van der Waals surface area (Å²) in [6.45, 7) is 2.09. The van der Waals surface area contributed by atoms with Crippen LogP contribution in [-0.4, -0.2) is 10.8 Å². The zero-order chi connectivity index (χ0) is 9.31. The predicted molar refractivity (Wildman–Crippen MR) is 51.7 cm³/mol. The van der Waals surface area contributed by atoms with Crippen molar-refractivity contribution in [2.75, 3.05) is 0 Å². The van der Waals surface area contributed by atoms with Gasteiger partial charge in [0.25, 0.3) is 0 Å². The van der Waals surface area contributed by atoms with E-state index in [1.165, 1.54) is 12.8 Å². The molecule has 0 radical (unpaired) electrons. The molecule has 1 aromatic heterocycles. The summed E-state index contributed by atoms with van der Waals surface area (Å²) in [5.74, 6) is 0.287. The summed E-state index contributed by atoms with van der Waals surface area (Å²) in [6.07, 6.45) is 6.30. The zero-order valence-electron chi connectivity index (χ0n) is 7.97. The number of hydrogen-bond donors (Lipinski definition) is 1. The van der Waals surface area contributed by atoms with Crippen molar-refractivity contribution in [1.82, 2.24) is 4.98 Å². The van der Waals surface area contributed by atoms with Crippen molar-refractivity contribution in [3.63, 3.8) is 0 Å². The fourth-order valence-electron chi connectivity index (χ4n) is 2.18. The van der Waals surface area contributed by atoms with Gasteiger partial charge >= 0.3 is 0 Å². The minimum absolute atomic E-state index is 0.0924. The molecule has 13 heavy (non-hydrogen) atoms. The molecule has 1 saturated carbocycles. The third-order valence-corrected chi connectivity index (χ3v) is 3.10. The van der Waals surface area contributed by atoms with E-state index in [4.69, 9.17) is 0 Å². The van der Waals surface area contributed by atoms with Crippen LogP contribution in [0.5, 0.6) is 0 Å². The van der Waals surface area contributed by atoms with Gasteiger partial charge in [0.2, 0.25) is 0 Å². The molecule has 1 fully saturated rings. The lowest BCUT2D eigenvalue weighted by molar-refractivity contribution is 0.0818. The molecule has 0 saturated heterocycles. The average Bonchev–Trinajstić information content (AvgIpc) is 2.73. The number of nitrogens with one attached hydrogen (secondary N) is 1. The number of H-pyrrole nitrogens is 1. The van der Waals surface area contributed by atoms with Gasteiger partial charge in [-0.25, -0.2) is 0 Å². The molecule has 0 amide bonds. The monoisotopic (exact) mass is 177 g/mol. The molecule has 1 aromatic rings. The van der Waals surface area contributed by atoms with Gasteiger partial charge in [-0.2, -0.15) is 0 Å². The Morgan fingerprint density at radius 1 is 1.46 bits per heavy atom. The summed E-state index contributed by atoms with van der Waals surface area (Å²) < 4.78 is 0. The van der Waals surface area contributed by atoms with Gasteiger partial charge in [0.15, 0.2) is 5.78 Å². The smallest absolute Gasteiger partial charge is 0.184 e. The lowest BCUT2D eigenvalue weighted by Crippen LogP contribution is -2.24. The maximum atomic E-state index is 12.0. The minimum Gasteiger partial charge on any atom is -0.359 e. The van der Waals surface area contributed by atoms with E-state index in [0.29, 0.717) is 0 Å². The molecule has 1 N–H and O–H groups in total. The first kappa shape index (κ1) is 8.54. The maximum absolute atomic E-state index is 12.0. The van der Waals surface area contributed by atoms with E-state index >= 15 is 0 Å². The van der Waals surface area contributed by atoms with Crippen LogP contribution in [0.4, 0.5) is 0 Å². The summed E-state index contributed by atoms with van der Waals surface area (Å²) in [7, 11) is 0. The molecule has 0 atom stereocenters. The normalized spacial score (nSPS) is 20.4. The van der Waals surface area contributed by atoms with E-state index in [-0.39, 0.29) is 11.2 Å². The molecular weight excluding hydrogens is 162 g/mol. The summed E-state index contributed by atoms with van der Waals surface area (Å²) in [5, 5.41) is 0. The van der Waals surface area contributed by atoms with Crippen LogP contribution in [0, 0.1) is 5.41 Å². The van der Waals surface area contributed by atoms with E-state index in [2.05, 4.69) is 11.9 Å². The number of hydrogen-bond acceptors (Lipinski definition) is 1. The molecule has 2 nitrogen and oxygen atoms in total. The maximum Gasteiger partial charge on any atom is 0.184 e. The second kappa shape index (κ2) is 3.02. The number of aromatic nitrogens is 1. The molecule has 1 aliphatic rings. The Hall–Kier alpha value is -1.05. The van der Waals surface area contributed by atoms with Crippen molar-refractivity contribution in [1.29, 1.82) is 0 Å². The number of Topliss-reactive ketones (excluding diaryl/α,β-unsaturated/α-hetero) is 1. The number of ketones is 1. The van der Waals surface area contributed by atoms with Crippen molar-refractivity contribution in [2.24, 2.45) is 5.41 Å². The second-order valence-electron chi connectivity index (χ2n) is 4.18. The molecule has 0 aliphatic heterocycles. The minimum atomic E-state index is -0.0924. The standard InChI is InChI=1S/C11H15NO/c1-11(6-2-3-7-11)10(13)9-5-4-8-12-9/h4-5,8,12H,2-3,6-7H2,1H3. The van der Waals surface area contributed by atoms with Crippen molar-refractivity contribution in [3.05, 3.63) is 24.0 Å². The number of rotatable bonds is 2. The molecule has 0 aromatic carbocycles. The molecule has 2 heteroatoms. The fraction of sp³-hybridized carbons (Fsp3) is 0.545. The van der Waals surface area contributed by atoms with Crippen LogP contribution in [-0.2, 0) is 0 Å². The molecular formula is C11H15NO. The Kier molecular flexibility index (Phi) is 1.98. The molecule has 2 rings (SSSR count). The van der Waals surface area contributed by atoms with Gasteiger partial charge in [-0.15, -0.1) is 0 Å². The zero-order valence-corrected chi connectivity index (χ0v) is 7.97.